The van der Waals surface area contributed by atoms with Crippen LogP contribution < -0.4 is 20.1 Å². The third kappa shape index (κ3) is 4.66. The van der Waals surface area contributed by atoms with Crippen LogP contribution >= 0.6 is 11.3 Å². The van der Waals surface area contributed by atoms with Gasteiger partial charge in [-0.1, -0.05) is 26.8 Å². The normalized spacial score (nSPS) is 13.8. The van der Waals surface area contributed by atoms with Crippen molar-refractivity contribution in [3.63, 3.8) is 0 Å². The maximum atomic E-state index is 5.42. The smallest absolute Gasteiger partial charge is 0.231 e. The summed E-state index contributed by atoms with van der Waals surface area (Å²) in [7, 11) is 0. The van der Waals surface area contributed by atoms with E-state index in [-0.39, 0.29) is 12.2 Å². The third-order valence-corrected chi connectivity index (χ3v) is 5.15. The number of nitrogens with one attached hydrogen (secondary N) is 2. The molecule has 6 nitrogen and oxygen atoms in total. The highest BCUT2D eigenvalue weighted by molar-refractivity contribution is 7.09. The monoisotopic (exact) mass is 374 g/mol. The van der Waals surface area contributed by atoms with E-state index in [9.17, 15) is 0 Å². The summed E-state index contributed by atoms with van der Waals surface area (Å²) in [6.07, 6.45) is 0. The molecule has 1 aliphatic rings. The van der Waals surface area contributed by atoms with Crippen LogP contribution in [0.1, 0.15) is 44.0 Å². The molecule has 0 saturated carbocycles. The molecule has 1 aliphatic heterocycles. The number of benzene rings is 1. The van der Waals surface area contributed by atoms with Crippen LogP contribution in [0.2, 0.25) is 0 Å². The van der Waals surface area contributed by atoms with E-state index in [4.69, 9.17) is 14.5 Å². The van der Waals surface area contributed by atoms with E-state index in [0.717, 1.165) is 40.3 Å². The molecule has 2 aromatic rings. The molecule has 140 valence electrons. The number of aliphatic imine (C=N–C) groups is 1. The van der Waals surface area contributed by atoms with Crippen LogP contribution in [0.5, 0.6) is 11.5 Å². The number of fused-ring (bicyclic) bond motifs is 1. The van der Waals surface area contributed by atoms with Crippen molar-refractivity contribution in [1.82, 2.24) is 15.6 Å². The summed E-state index contributed by atoms with van der Waals surface area (Å²) in [5.74, 6) is 2.35. The first kappa shape index (κ1) is 18.5. The van der Waals surface area contributed by atoms with E-state index in [0.29, 0.717) is 13.1 Å². The number of ether oxygens (including phenoxy) is 2. The van der Waals surface area contributed by atoms with Crippen LogP contribution in [0, 0.1) is 0 Å². The SMILES string of the molecule is CCNC(=NCc1ccc2c(c1)OCO2)NCc1csc(C(C)(C)C)n1. The number of hydrogen-bond donors (Lipinski definition) is 2. The molecule has 0 atom stereocenters. The quantitative estimate of drug-likeness (QED) is 0.620. The maximum Gasteiger partial charge on any atom is 0.231 e. The highest BCUT2D eigenvalue weighted by Crippen LogP contribution is 2.32. The van der Waals surface area contributed by atoms with Gasteiger partial charge >= 0.3 is 0 Å². The molecule has 2 N–H and O–H groups in total. The highest BCUT2D eigenvalue weighted by Gasteiger charge is 2.18. The molecule has 0 fully saturated rings. The van der Waals surface area contributed by atoms with Crippen LogP contribution in [0.15, 0.2) is 28.6 Å². The Morgan fingerprint density at radius 2 is 2.04 bits per heavy atom. The summed E-state index contributed by atoms with van der Waals surface area (Å²) < 4.78 is 10.8. The number of rotatable bonds is 5. The van der Waals surface area contributed by atoms with Crippen LogP contribution in [-0.2, 0) is 18.5 Å². The van der Waals surface area contributed by atoms with E-state index in [2.05, 4.69) is 48.7 Å². The third-order valence-electron chi connectivity index (χ3n) is 3.83. The fraction of sp³-hybridized carbons (Fsp3) is 0.474. The lowest BCUT2D eigenvalue weighted by atomic mass is 9.98. The summed E-state index contributed by atoms with van der Waals surface area (Å²) in [6, 6.07) is 5.92. The van der Waals surface area contributed by atoms with Crippen molar-refractivity contribution in [1.29, 1.82) is 0 Å². The molecular weight excluding hydrogens is 348 g/mol. The number of hydrogen-bond acceptors (Lipinski definition) is 5. The number of aromatic nitrogens is 1. The average molecular weight is 375 g/mol. The maximum absolute atomic E-state index is 5.42. The Balaban J connectivity index is 1.61. The van der Waals surface area contributed by atoms with Crippen molar-refractivity contribution >= 4 is 17.3 Å². The molecule has 7 heteroatoms. The second-order valence-electron chi connectivity index (χ2n) is 7.13. The lowest BCUT2D eigenvalue weighted by Gasteiger charge is -2.14. The van der Waals surface area contributed by atoms with Gasteiger partial charge in [0.05, 0.1) is 23.8 Å². The Kier molecular flexibility index (Phi) is 5.66. The Morgan fingerprint density at radius 3 is 2.77 bits per heavy atom. The van der Waals surface area contributed by atoms with Gasteiger partial charge in [-0.05, 0) is 24.6 Å². The fourth-order valence-electron chi connectivity index (χ4n) is 2.46. The van der Waals surface area contributed by atoms with Crippen LogP contribution in [0.25, 0.3) is 0 Å². The van der Waals surface area contributed by atoms with E-state index in [1.165, 1.54) is 0 Å². The van der Waals surface area contributed by atoms with Crippen LogP contribution in [0.3, 0.4) is 0 Å². The fourth-order valence-corrected chi connectivity index (χ4v) is 3.37. The molecule has 0 unspecified atom stereocenters. The van der Waals surface area contributed by atoms with E-state index < -0.39 is 0 Å². The van der Waals surface area contributed by atoms with Gasteiger partial charge < -0.3 is 20.1 Å². The number of guanidine groups is 1. The standard InChI is InChI=1S/C19H26N4O2S/c1-5-20-18(22-10-14-11-26-17(23-14)19(2,3)4)21-9-13-6-7-15-16(8-13)25-12-24-15/h6-8,11H,5,9-10,12H2,1-4H3,(H2,20,21,22). The van der Waals surface area contributed by atoms with Crippen molar-refractivity contribution in [2.24, 2.45) is 4.99 Å². The predicted octanol–water partition coefficient (Wildman–Crippen LogP) is 3.42. The van der Waals surface area contributed by atoms with E-state index in [1.807, 2.05) is 18.2 Å². The van der Waals surface area contributed by atoms with Gasteiger partial charge in [0.2, 0.25) is 6.79 Å². The molecule has 0 aliphatic carbocycles. The lowest BCUT2D eigenvalue weighted by Crippen LogP contribution is -2.36. The van der Waals surface area contributed by atoms with Gasteiger partial charge in [-0.3, -0.25) is 0 Å². The second-order valence-corrected chi connectivity index (χ2v) is 7.99. The van der Waals surface area contributed by atoms with Gasteiger partial charge in [0.15, 0.2) is 17.5 Å². The van der Waals surface area contributed by atoms with E-state index in [1.54, 1.807) is 11.3 Å². The van der Waals surface area contributed by atoms with Crippen molar-refractivity contribution in [3.8, 4) is 11.5 Å². The minimum atomic E-state index is 0.0842. The highest BCUT2D eigenvalue weighted by atomic mass is 32.1. The number of nitrogens with zero attached hydrogens (tertiary/aromatic N) is 2. The summed E-state index contributed by atoms with van der Waals surface area (Å²) in [4.78, 5) is 9.37. The van der Waals surface area contributed by atoms with Gasteiger partial charge in [-0.15, -0.1) is 11.3 Å². The van der Waals surface area contributed by atoms with Gasteiger partial charge in [0, 0.05) is 17.3 Å². The van der Waals surface area contributed by atoms with Crippen molar-refractivity contribution in [3.05, 3.63) is 39.8 Å². The topological polar surface area (TPSA) is 67.8 Å². The molecule has 1 aromatic carbocycles. The summed E-state index contributed by atoms with van der Waals surface area (Å²) >= 11 is 1.71. The lowest BCUT2D eigenvalue weighted by molar-refractivity contribution is 0.174. The molecule has 0 amide bonds. The molecule has 0 spiro atoms. The summed E-state index contributed by atoms with van der Waals surface area (Å²) in [6.45, 7) is 10.9. The Hall–Kier alpha value is -2.28. The molecule has 1 aromatic heterocycles. The van der Waals surface area contributed by atoms with Crippen molar-refractivity contribution in [2.75, 3.05) is 13.3 Å². The second kappa shape index (κ2) is 7.95. The summed E-state index contributed by atoms with van der Waals surface area (Å²) in [5.41, 5.74) is 2.20. The van der Waals surface area contributed by atoms with Gasteiger partial charge in [-0.25, -0.2) is 9.98 Å². The Bertz CT molecular complexity index is 780. The molecule has 2 heterocycles. The van der Waals surface area contributed by atoms with Gasteiger partial charge in [0.1, 0.15) is 0 Å². The molecule has 0 bridgehead atoms. The van der Waals surface area contributed by atoms with Gasteiger partial charge in [-0.2, -0.15) is 0 Å². The van der Waals surface area contributed by atoms with Gasteiger partial charge in [0.25, 0.3) is 0 Å². The Morgan fingerprint density at radius 1 is 1.23 bits per heavy atom. The number of thiazole rings is 1. The van der Waals surface area contributed by atoms with Crippen LogP contribution in [0.4, 0.5) is 0 Å². The first-order valence-electron chi connectivity index (χ1n) is 8.81. The zero-order valence-corrected chi connectivity index (χ0v) is 16.6. The molecule has 26 heavy (non-hydrogen) atoms. The van der Waals surface area contributed by atoms with Crippen molar-refractivity contribution < 1.29 is 9.47 Å². The minimum Gasteiger partial charge on any atom is -0.454 e. The molecular formula is C19H26N4O2S. The first-order valence-corrected chi connectivity index (χ1v) is 9.69. The zero-order valence-electron chi connectivity index (χ0n) is 15.8. The zero-order chi connectivity index (χ0) is 18.6. The molecule has 3 rings (SSSR count). The summed E-state index contributed by atoms with van der Waals surface area (Å²) in [5, 5.41) is 9.88. The van der Waals surface area contributed by atoms with E-state index >= 15 is 0 Å². The largest absolute Gasteiger partial charge is 0.454 e. The first-order chi connectivity index (χ1) is 12.5. The minimum absolute atomic E-state index is 0.0842. The average Bonchev–Trinajstić information content (AvgIpc) is 3.25. The molecule has 0 radical (unpaired) electrons. The Labute approximate surface area is 158 Å². The van der Waals surface area contributed by atoms with Crippen molar-refractivity contribution in [2.45, 2.75) is 46.2 Å². The van der Waals surface area contributed by atoms with Crippen LogP contribution in [-0.4, -0.2) is 24.3 Å². The predicted molar refractivity (Wildman–Crippen MR) is 105 cm³/mol. The molecule has 0 saturated heterocycles.